The number of rotatable bonds is 5. The molecule has 0 radical (unpaired) electrons. The molecule has 0 atom stereocenters. The predicted molar refractivity (Wildman–Crippen MR) is 77.2 cm³/mol. The topological polar surface area (TPSA) is 72.2 Å². The number of halogens is 2. The predicted octanol–water partition coefficient (Wildman–Crippen LogP) is 2.89. The zero-order chi connectivity index (χ0) is 15.5. The molecule has 0 aliphatic carbocycles. The third kappa shape index (κ3) is 3.56. The van der Waals surface area contributed by atoms with Crippen LogP contribution in [-0.4, -0.2) is 14.2 Å². The minimum absolute atomic E-state index is 0.401. The first-order valence-corrected chi connectivity index (χ1v) is 7.66. The normalized spacial score (nSPS) is 11.6. The first kappa shape index (κ1) is 15.4. The second-order valence-electron chi connectivity index (χ2n) is 4.36. The van der Waals surface area contributed by atoms with Gasteiger partial charge in [0, 0.05) is 17.9 Å². The Morgan fingerprint density at radius 2 is 1.43 bits per heavy atom. The average molecular weight is 312 g/mol. The Morgan fingerprint density at radius 1 is 0.952 bits per heavy atom. The molecule has 2 aromatic carbocycles. The summed E-state index contributed by atoms with van der Waals surface area (Å²) in [6.07, 6.45) is 0. The fraction of sp³-hybridized carbons (Fsp3) is 0.143. The Morgan fingerprint density at radius 3 is 1.86 bits per heavy atom. The van der Waals surface area contributed by atoms with Gasteiger partial charge in [-0.15, -0.1) is 0 Å². The summed E-state index contributed by atoms with van der Waals surface area (Å²) in [7, 11) is -4.55. The van der Waals surface area contributed by atoms with Crippen LogP contribution in [-0.2, 0) is 16.4 Å². The highest BCUT2D eigenvalue weighted by molar-refractivity contribution is 7.91. The van der Waals surface area contributed by atoms with E-state index in [1.165, 1.54) is 12.1 Å². The highest BCUT2D eigenvalue weighted by Gasteiger charge is 2.26. The maximum absolute atomic E-state index is 12.4. The van der Waals surface area contributed by atoms with Crippen LogP contribution in [0.5, 0.6) is 0 Å². The van der Waals surface area contributed by atoms with Gasteiger partial charge < -0.3 is 11.1 Å². The van der Waals surface area contributed by atoms with Crippen molar-refractivity contribution in [3.63, 3.8) is 0 Å². The number of anilines is 2. The molecule has 0 saturated carbocycles. The van der Waals surface area contributed by atoms with Gasteiger partial charge in [0.05, 0.1) is 4.90 Å². The third-order valence-corrected chi connectivity index (χ3v) is 4.29. The maximum atomic E-state index is 12.4. The van der Waals surface area contributed by atoms with E-state index in [-0.39, 0.29) is 0 Å². The fourth-order valence-corrected chi connectivity index (χ4v) is 2.44. The summed E-state index contributed by atoms with van der Waals surface area (Å²) < 4.78 is 47.4. The van der Waals surface area contributed by atoms with Gasteiger partial charge >= 0.3 is 5.76 Å². The lowest BCUT2D eigenvalue weighted by molar-refractivity contribution is 0.234. The Kier molecular flexibility index (Phi) is 4.54. The molecule has 2 rings (SSSR count). The lowest BCUT2D eigenvalue weighted by Gasteiger charge is -2.08. The number of nitrogens with two attached hydrogens (primary N) is 1. The quantitative estimate of drug-likeness (QED) is 0.890. The molecule has 0 amide bonds. The fourth-order valence-electron chi connectivity index (χ4n) is 1.72. The smallest absolute Gasteiger partial charge is 0.341 e. The highest BCUT2D eigenvalue weighted by Crippen LogP contribution is 2.22. The van der Waals surface area contributed by atoms with E-state index in [1.54, 1.807) is 0 Å². The standard InChI is InChI=1S/C14H14F2N2O2S/c15-14(16)21(19,20)13-7-5-12(6-8-13)18-11-3-1-10(9-17)2-4-11/h1-8,14,18H,9,17H2. The first-order chi connectivity index (χ1) is 9.93. The molecule has 0 heterocycles. The average Bonchev–Trinajstić information content (AvgIpc) is 2.48. The van der Waals surface area contributed by atoms with E-state index in [9.17, 15) is 17.2 Å². The molecule has 0 aromatic heterocycles. The zero-order valence-corrected chi connectivity index (χ0v) is 11.8. The maximum Gasteiger partial charge on any atom is 0.341 e. The van der Waals surface area contributed by atoms with Crippen molar-refractivity contribution in [2.45, 2.75) is 17.2 Å². The van der Waals surface area contributed by atoms with Crippen LogP contribution in [0.3, 0.4) is 0 Å². The summed E-state index contributed by atoms with van der Waals surface area (Å²) in [6, 6.07) is 12.5. The number of sulfone groups is 1. The number of benzene rings is 2. The van der Waals surface area contributed by atoms with Gasteiger partial charge in [-0.3, -0.25) is 0 Å². The summed E-state index contributed by atoms with van der Waals surface area (Å²) in [5.41, 5.74) is 7.87. The molecule has 4 nitrogen and oxygen atoms in total. The second-order valence-corrected chi connectivity index (χ2v) is 6.27. The van der Waals surface area contributed by atoms with Gasteiger partial charge in [-0.25, -0.2) is 8.42 Å². The van der Waals surface area contributed by atoms with Crippen LogP contribution >= 0.6 is 0 Å². The van der Waals surface area contributed by atoms with Crippen molar-refractivity contribution in [1.29, 1.82) is 0 Å². The lowest BCUT2D eigenvalue weighted by Crippen LogP contribution is -2.11. The molecule has 0 bridgehead atoms. The van der Waals surface area contributed by atoms with Gasteiger partial charge in [0.15, 0.2) is 0 Å². The van der Waals surface area contributed by atoms with Gasteiger partial charge in [0.25, 0.3) is 0 Å². The molecule has 0 unspecified atom stereocenters. The molecule has 0 aliphatic heterocycles. The molecule has 112 valence electrons. The Hall–Kier alpha value is -1.99. The van der Waals surface area contributed by atoms with Crippen molar-refractivity contribution in [3.05, 3.63) is 54.1 Å². The van der Waals surface area contributed by atoms with Crippen molar-refractivity contribution >= 4 is 21.2 Å². The van der Waals surface area contributed by atoms with Gasteiger partial charge in [0.2, 0.25) is 9.84 Å². The van der Waals surface area contributed by atoms with Gasteiger partial charge in [0.1, 0.15) is 0 Å². The van der Waals surface area contributed by atoms with Crippen LogP contribution in [0.15, 0.2) is 53.4 Å². The molecule has 2 aromatic rings. The third-order valence-electron chi connectivity index (χ3n) is 2.90. The van der Waals surface area contributed by atoms with E-state index < -0.39 is 20.5 Å². The van der Waals surface area contributed by atoms with E-state index in [4.69, 9.17) is 5.73 Å². The Labute approximate surface area is 121 Å². The molecule has 0 fully saturated rings. The first-order valence-electron chi connectivity index (χ1n) is 6.11. The molecule has 21 heavy (non-hydrogen) atoms. The number of alkyl halides is 2. The van der Waals surface area contributed by atoms with E-state index in [0.29, 0.717) is 12.2 Å². The number of hydrogen-bond acceptors (Lipinski definition) is 4. The van der Waals surface area contributed by atoms with Crippen molar-refractivity contribution in [2.75, 3.05) is 5.32 Å². The molecule has 0 aliphatic rings. The SMILES string of the molecule is NCc1ccc(Nc2ccc(S(=O)(=O)C(F)F)cc2)cc1. The molecular weight excluding hydrogens is 298 g/mol. The molecular formula is C14H14F2N2O2S. The molecule has 3 N–H and O–H groups in total. The molecule has 7 heteroatoms. The van der Waals surface area contributed by atoms with Crippen LogP contribution in [0.25, 0.3) is 0 Å². The molecule has 0 saturated heterocycles. The largest absolute Gasteiger partial charge is 0.356 e. The van der Waals surface area contributed by atoms with Gasteiger partial charge in [-0.2, -0.15) is 8.78 Å². The summed E-state index contributed by atoms with van der Waals surface area (Å²) >= 11 is 0. The van der Waals surface area contributed by atoms with Crippen LogP contribution < -0.4 is 11.1 Å². The van der Waals surface area contributed by atoms with Gasteiger partial charge in [-0.1, -0.05) is 12.1 Å². The lowest BCUT2D eigenvalue weighted by atomic mass is 10.2. The Balaban J connectivity index is 2.15. The van der Waals surface area contributed by atoms with E-state index in [0.717, 1.165) is 23.4 Å². The van der Waals surface area contributed by atoms with E-state index >= 15 is 0 Å². The summed E-state index contributed by atoms with van der Waals surface area (Å²) in [4.78, 5) is -0.401. The van der Waals surface area contributed by atoms with E-state index in [2.05, 4.69) is 5.32 Å². The second kappa shape index (κ2) is 6.19. The van der Waals surface area contributed by atoms with Gasteiger partial charge in [-0.05, 0) is 42.0 Å². The van der Waals surface area contributed by atoms with Crippen molar-refractivity contribution < 1.29 is 17.2 Å². The zero-order valence-electron chi connectivity index (χ0n) is 11.0. The Bertz CT molecular complexity index is 699. The van der Waals surface area contributed by atoms with Crippen LogP contribution in [0, 0.1) is 0 Å². The number of nitrogens with one attached hydrogen (secondary N) is 1. The summed E-state index contributed by atoms with van der Waals surface area (Å²) in [5.74, 6) is -3.42. The van der Waals surface area contributed by atoms with Crippen LogP contribution in [0.2, 0.25) is 0 Å². The minimum Gasteiger partial charge on any atom is -0.356 e. The number of hydrogen-bond donors (Lipinski definition) is 2. The van der Waals surface area contributed by atoms with Crippen molar-refractivity contribution in [3.8, 4) is 0 Å². The van der Waals surface area contributed by atoms with Crippen LogP contribution in [0.4, 0.5) is 20.2 Å². The minimum atomic E-state index is -4.55. The van der Waals surface area contributed by atoms with Crippen molar-refractivity contribution in [1.82, 2.24) is 0 Å². The van der Waals surface area contributed by atoms with Crippen LogP contribution in [0.1, 0.15) is 5.56 Å². The van der Waals surface area contributed by atoms with E-state index in [1.807, 2.05) is 24.3 Å². The summed E-state index contributed by atoms with van der Waals surface area (Å²) in [6.45, 7) is 0.445. The molecule has 0 spiro atoms. The van der Waals surface area contributed by atoms with Crippen molar-refractivity contribution in [2.24, 2.45) is 5.73 Å². The monoisotopic (exact) mass is 312 g/mol. The summed E-state index contributed by atoms with van der Waals surface area (Å²) in [5, 5.41) is 3.04. The highest BCUT2D eigenvalue weighted by atomic mass is 32.2.